The smallest absolute Gasteiger partial charge is 0.251 e. The Morgan fingerprint density at radius 1 is 1.19 bits per heavy atom. The predicted molar refractivity (Wildman–Crippen MR) is 127 cm³/mol. The van der Waals surface area contributed by atoms with Gasteiger partial charge in [0, 0.05) is 37.2 Å². The fourth-order valence-electron chi connectivity index (χ4n) is 5.83. The number of carbonyl (C=O) groups is 1. The van der Waals surface area contributed by atoms with Gasteiger partial charge in [-0.05, 0) is 62.1 Å². The average Bonchev–Trinajstić information content (AvgIpc) is 2.84. The van der Waals surface area contributed by atoms with Crippen LogP contribution in [0.1, 0.15) is 41.6 Å². The largest absolute Gasteiger partial charge is 0.497 e. The first-order chi connectivity index (χ1) is 15.6. The Morgan fingerprint density at radius 2 is 2.00 bits per heavy atom. The highest BCUT2D eigenvalue weighted by molar-refractivity contribution is 5.94. The molecule has 2 aromatic rings. The van der Waals surface area contributed by atoms with Crippen molar-refractivity contribution in [3.63, 3.8) is 0 Å². The van der Waals surface area contributed by atoms with Crippen molar-refractivity contribution >= 4 is 5.91 Å². The first kappa shape index (κ1) is 22.6. The molecule has 0 radical (unpaired) electrons. The van der Waals surface area contributed by atoms with Gasteiger partial charge in [0.1, 0.15) is 5.75 Å². The van der Waals surface area contributed by atoms with Gasteiger partial charge in [-0.25, -0.2) is 0 Å². The number of ether oxygens (including phenoxy) is 2. The third kappa shape index (κ3) is 4.07. The van der Waals surface area contributed by atoms with Crippen molar-refractivity contribution in [3.05, 3.63) is 78.4 Å². The third-order valence-corrected chi connectivity index (χ3v) is 7.47. The maximum Gasteiger partial charge on any atom is 0.251 e. The molecular weight excluding hydrogens is 400 g/mol. The summed E-state index contributed by atoms with van der Waals surface area (Å²) in [6.45, 7) is 6.61. The van der Waals surface area contributed by atoms with Crippen molar-refractivity contribution in [2.75, 3.05) is 33.9 Å². The Labute approximate surface area is 191 Å². The number of carbonyl (C=O) groups excluding carboxylic acids is 1. The Balaban J connectivity index is 1.68. The molecule has 2 aliphatic rings. The van der Waals surface area contributed by atoms with Crippen LogP contribution in [0.3, 0.4) is 0 Å². The minimum atomic E-state index is -0.325. The lowest BCUT2D eigenvalue weighted by Crippen LogP contribution is -2.67. The average molecular weight is 435 g/mol. The summed E-state index contributed by atoms with van der Waals surface area (Å²) in [6, 6.07) is 17.9. The van der Waals surface area contributed by atoms with E-state index in [1.165, 1.54) is 5.56 Å². The number of hydrogen-bond donors (Lipinski definition) is 1. The van der Waals surface area contributed by atoms with Gasteiger partial charge in [-0.1, -0.05) is 36.4 Å². The van der Waals surface area contributed by atoms with Crippen molar-refractivity contribution < 1.29 is 14.3 Å². The Kier molecular flexibility index (Phi) is 6.68. The molecule has 2 fully saturated rings. The second-order valence-electron chi connectivity index (χ2n) is 9.07. The highest BCUT2D eigenvalue weighted by Crippen LogP contribution is 2.53. The van der Waals surface area contributed by atoms with Crippen molar-refractivity contribution in [1.29, 1.82) is 0 Å². The van der Waals surface area contributed by atoms with Gasteiger partial charge in [0.25, 0.3) is 5.91 Å². The molecule has 1 aliphatic carbocycles. The number of methoxy groups -OCH3 is 2. The molecule has 1 heterocycles. The number of nitrogens with one attached hydrogen (secondary N) is 1. The zero-order valence-corrected chi connectivity index (χ0v) is 19.2. The van der Waals surface area contributed by atoms with Crippen LogP contribution < -0.4 is 10.1 Å². The van der Waals surface area contributed by atoms with Gasteiger partial charge in [-0.15, -0.1) is 6.58 Å². The fourth-order valence-corrected chi connectivity index (χ4v) is 5.83. The van der Waals surface area contributed by atoms with E-state index in [9.17, 15) is 4.79 Å². The van der Waals surface area contributed by atoms with Crippen molar-refractivity contribution in [3.8, 4) is 5.75 Å². The summed E-state index contributed by atoms with van der Waals surface area (Å²) in [5.41, 5.74) is 1.40. The Hall–Kier alpha value is -2.63. The van der Waals surface area contributed by atoms with Gasteiger partial charge in [0.15, 0.2) is 0 Å². The zero-order chi connectivity index (χ0) is 22.6. The van der Waals surface area contributed by atoms with Gasteiger partial charge in [0.2, 0.25) is 0 Å². The molecule has 2 unspecified atom stereocenters. The van der Waals surface area contributed by atoms with Crippen molar-refractivity contribution in [2.45, 2.75) is 42.7 Å². The molecule has 4 rings (SSSR count). The number of fused-ring (bicyclic) bond motifs is 1. The van der Waals surface area contributed by atoms with Crippen LogP contribution in [0.2, 0.25) is 0 Å². The molecule has 1 saturated carbocycles. The van der Waals surface area contributed by atoms with Crippen molar-refractivity contribution in [1.82, 2.24) is 10.2 Å². The summed E-state index contributed by atoms with van der Waals surface area (Å²) in [6.07, 6.45) is 5.54. The lowest BCUT2D eigenvalue weighted by Gasteiger charge is -2.59. The van der Waals surface area contributed by atoms with E-state index >= 15 is 0 Å². The summed E-state index contributed by atoms with van der Waals surface area (Å²) in [5.74, 6) is 0.844. The van der Waals surface area contributed by atoms with Crippen LogP contribution in [0.25, 0.3) is 0 Å². The van der Waals surface area contributed by atoms with Gasteiger partial charge < -0.3 is 14.8 Å². The molecule has 5 heteroatoms. The molecule has 0 aromatic heterocycles. The van der Waals surface area contributed by atoms with E-state index in [1.54, 1.807) is 7.11 Å². The lowest BCUT2D eigenvalue weighted by atomic mass is 9.55. The zero-order valence-electron chi connectivity index (χ0n) is 19.2. The standard InChI is InChI=1S/C27H34N2O3/c1-4-16-29-17-15-26(22-11-8-12-24(18-22)31-2)19-23(13-14-27(26,20-29)32-3)28-25(30)21-9-6-5-7-10-21/h4-12,18,23H,1,13-17,19-20H2,2-3H3,(H,28,30)/t23-,26?,27?/m1/s1. The molecule has 5 nitrogen and oxygen atoms in total. The maximum absolute atomic E-state index is 12.9. The molecule has 170 valence electrons. The number of piperidine rings is 1. The minimum absolute atomic E-state index is 0.00889. The van der Waals surface area contributed by atoms with E-state index in [1.807, 2.05) is 49.6 Å². The molecule has 32 heavy (non-hydrogen) atoms. The summed E-state index contributed by atoms with van der Waals surface area (Å²) in [4.78, 5) is 15.3. The van der Waals surface area contributed by atoms with E-state index in [2.05, 4.69) is 35.0 Å². The number of nitrogens with zero attached hydrogens (tertiary/aromatic N) is 1. The Morgan fingerprint density at radius 3 is 2.72 bits per heavy atom. The monoisotopic (exact) mass is 434 g/mol. The van der Waals surface area contributed by atoms with Crippen LogP contribution in [-0.2, 0) is 10.2 Å². The highest BCUT2D eigenvalue weighted by atomic mass is 16.5. The van der Waals surface area contributed by atoms with Gasteiger partial charge >= 0.3 is 0 Å². The van der Waals surface area contributed by atoms with Crippen LogP contribution in [0.15, 0.2) is 67.3 Å². The van der Waals surface area contributed by atoms with Gasteiger partial charge in [0.05, 0.1) is 12.7 Å². The predicted octanol–water partition coefficient (Wildman–Crippen LogP) is 4.19. The molecule has 1 saturated heterocycles. The summed E-state index contributed by atoms with van der Waals surface area (Å²) in [7, 11) is 3.55. The normalized spacial score (nSPS) is 27.9. The minimum Gasteiger partial charge on any atom is -0.497 e. The summed E-state index contributed by atoms with van der Waals surface area (Å²) >= 11 is 0. The van der Waals surface area contributed by atoms with Crippen LogP contribution in [0, 0.1) is 0 Å². The molecule has 1 aliphatic heterocycles. The molecule has 3 atom stereocenters. The highest BCUT2D eigenvalue weighted by Gasteiger charge is 2.58. The topological polar surface area (TPSA) is 50.8 Å². The number of hydrogen-bond acceptors (Lipinski definition) is 4. The van der Waals surface area contributed by atoms with Crippen LogP contribution in [-0.4, -0.2) is 56.3 Å². The van der Waals surface area contributed by atoms with E-state index in [0.29, 0.717) is 5.56 Å². The fraction of sp³-hybridized carbons (Fsp3) is 0.444. The molecule has 2 aromatic carbocycles. The van der Waals surface area contributed by atoms with E-state index in [-0.39, 0.29) is 23.0 Å². The van der Waals surface area contributed by atoms with E-state index in [4.69, 9.17) is 9.47 Å². The van der Waals surface area contributed by atoms with Crippen LogP contribution in [0.5, 0.6) is 5.75 Å². The summed E-state index contributed by atoms with van der Waals surface area (Å²) in [5, 5.41) is 3.31. The quantitative estimate of drug-likeness (QED) is 0.664. The summed E-state index contributed by atoms with van der Waals surface area (Å²) < 4.78 is 12.0. The Bertz CT molecular complexity index is 947. The third-order valence-electron chi connectivity index (χ3n) is 7.47. The second kappa shape index (κ2) is 9.47. The first-order valence-corrected chi connectivity index (χ1v) is 11.4. The van der Waals surface area contributed by atoms with Crippen LogP contribution in [0.4, 0.5) is 0 Å². The molecule has 1 N–H and O–H groups in total. The molecule has 1 amide bonds. The molecular formula is C27H34N2O3. The molecule has 0 bridgehead atoms. The second-order valence-corrected chi connectivity index (χ2v) is 9.07. The lowest BCUT2D eigenvalue weighted by molar-refractivity contribution is -0.146. The van der Waals surface area contributed by atoms with Gasteiger partial charge in [-0.3, -0.25) is 9.69 Å². The number of rotatable bonds is 7. The van der Waals surface area contributed by atoms with Crippen LogP contribution >= 0.6 is 0 Å². The van der Waals surface area contributed by atoms with Gasteiger partial charge in [-0.2, -0.15) is 0 Å². The first-order valence-electron chi connectivity index (χ1n) is 11.4. The maximum atomic E-state index is 12.9. The molecule has 0 spiro atoms. The SMILES string of the molecule is C=CCN1CCC2(c3cccc(OC)c3)C[C@H](NC(=O)c3ccccc3)CCC2(OC)C1. The van der Waals surface area contributed by atoms with Crippen molar-refractivity contribution in [2.24, 2.45) is 0 Å². The number of likely N-dealkylation sites (tertiary alicyclic amines) is 1. The van der Waals surface area contributed by atoms with E-state index in [0.717, 1.165) is 51.1 Å². The van der Waals surface area contributed by atoms with E-state index < -0.39 is 0 Å². The number of amides is 1. The number of benzene rings is 2.